The first-order valence-electron chi connectivity index (χ1n) is 11.4. The van der Waals surface area contributed by atoms with Gasteiger partial charge in [0.1, 0.15) is 0 Å². The number of halogens is 1. The molecule has 1 saturated heterocycles. The maximum absolute atomic E-state index is 13.0. The van der Waals surface area contributed by atoms with Crippen LogP contribution in [0.25, 0.3) is 22.2 Å². The number of hydrogen-bond acceptors (Lipinski definition) is 4. The second-order valence-electron chi connectivity index (χ2n) is 8.70. The zero-order chi connectivity index (χ0) is 23.4. The Labute approximate surface area is 199 Å². The van der Waals surface area contributed by atoms with Crippen molar-refractivity contribution in [1.82, 2.24) is 20.7 Å². The fourth-order valence-corrected chi connectivity index (χ4v) is 4.66. The Bertz CT molecular complexity index is 1140. The average molecular weight is 465 g/mol. The summed E-state index contributed by atoms with van der Waals surface area (Å²) in [6.07, 6.45) is 3.89. The maximum atomic E-state index is 13.0. The molecule has 6 nitrogen and oxygen atoms in total. The van der Waals surface area contributed by atoms with Crippen molar-refractivity contribution in [2.24, 2.45) is 0 Å². The average Bonchev–Trinajstić information content (AvgIpc) is 2.82. The van der Waals surface area contributed by atoms with Crippen LogP contribution >= 0.6 is 11.6 Å². The van der Waals surface area contributed by atoms with Crippen LogP contribution in [0.1, 0.15) is 49.9 Å². The van der Waals surface area contributed by atoms with Gasteiger partial charge in [0, 0.05) is 41.0 Å². The first-order chi connectivity index (χ1) is 15.9. The number of nitrogens with one attached hydrogen (secondary N) is 2. The largest absolute Gasteiger partial charge is 0.297 e. The van der Waals surface area contributed by atoms with Crippen LogP contribution < -0.4 is 10.9 Å². The van der Waals surface area contributed by atoms with Crippen LogP contribution in [0.2, 0.25) is 5.02 Å². The number of para-hydroxylation sites is 1. The van der Waals surface area contributed by atoms with E-state index >= 15 is 0 Å². The molecule has 1 aromatic heterocycles. The number of rotatable bonds is 5. The number of nitrogens with zero attached hydrogens (tertiary/aromatic N) is 2. The van der Waals surface area contributed by atoms with Gasteiger partial charge in [-0.15, -0.1) is 0 Å². The number of carbonyl (C=O) groups is 2. The smallest absolute Gasteiger partial charge is 0.270 e. The monoisotopic (exact) mass is 464 g/mol. The van der Waals surface area contributed by atoms with E-state index in [-0.39, 0.29) is 11.8 Å². The van der Waals surface area contributed by atoms with Crippen LogP contribution in [0.15, 0.2) is 54.6 Å². The zero-order valence-electron chi connectivity index (χ0n) is 19.0. The molecule has 3 aromatic rings. The second kappa shape index (κ2) is 10.3. The van der Waals surface area contributed by atoms with Crippen LogP contribution in [-0.2, 0) is 4.79 Å². The molecule has 0 saturated carbocycles. The molecule has 0 radical (unpaired) electrons. The van der Waals surface area contributed by atoms with Crippen molar-refractivity contribution >= 4 is 34.3 Å². The lowest BCUT2D eigenvalue weighted by molar-refractivity contribution is -0.122. The molecule has 172 valence electrons. The fraction of sp³-hybridized carbons (Fsp3) is 0.346. The Kier molecular flexibility index (Phi) is 7.26. The molecule has 2 aromatic carbocycles. The molecule has 2 atom stereocenters. The number of piperidine rings is 1. The van der Waals surface area contributed by atoms with Gasteiger partial charge in [0.05, 0.1) is 16.8 Å². The molecule has 2 amide bonds. The first-order valence-corrected chi connectivity index (χ1v) is 11.8. The van der Waals surface area contributed by atoms with E-state index in [0.29, 0.717) is 46.8 Å². The van der Waals surface area contributed by atoms with Crippen LogP contribution in [-0.4, -0.2) is 40.3 Å². The summed E-state index contributed by atoms with van der Waals surface area (Å²) in [4.78, 5) is 32.5. The Morgan fingerprint density at radius 1 is 1.03 bits per heavy atom. The Morgan fingerprint density at radius 2 is 1.73 bits per heavy atom. The molecule has 1 aliphatic rings. The summed E-state index contributed by atoms with van der Waals surface area (Å²) in [6, 6.07) is 17.5. The van der Waals surface area contributed by atoms with E-state index in [1.165, 1.54) is 6.42 Å². The summed E-state index contributed by atoms with van der Waals surface area (Å²) in [6.45, 7) is 5.10. The Balaban J connectivity index is 1.46. The zero-order valence-corrected chi connectivity index (χ0v) is 19.7. The van der Waals surface area contributed by atoms with Gasteiger partial charge in [0.2, 0.25) is 5.91 Å². The number of hydrogen-bond donors (Lipinski definition) is 2. The summed E-state index contributed by atoms with van der Waals surface area (Å²) < 4.78 is 0. The maximum Gasteiger partial charge on any atom is 0.270 e. The van der Waals surface area contributed by atoms with Gasteiger partial charge in [-0.1, -0.05) is 48.4 Å². The summed E-state index contributed by atoms with van der Waals surface area (Å²) in [5, 5.41) is 1.35. The molecule has 4 rings (SSSR count). The van der Waals surface area contributed by atoms with Gasteiger partial charge in [-0.2, -0.15) is 0 Å². The molecule has 0 bridgehead atoms. The molecule has 1 aliphatic heterocycles. The number of amides is 2. The molecule has 2 heterocycles. The van der Waals surface area contributed by atoms with Crippen molar-refractivity contribution < 1.29 is 9.59 Å². The number of carbonyl (C=O) groups excluding carboxylic acids is 2. The van der Waals surface area contributed by atoms with Crippen LogP contribution in [0.5, 0.6) is 0 Å². The second-order valence-corrected chi connectivity index (χ2v) is 9.13. The van der Waals surface area contributed by atoms with E-state index < -0.39 is 0 Å². The van der Waals surface area contributed by atoms with Gasteiger partial charge >= 0.3 is 0 Å². The van der Waals surface area contributed by atoms with Gasteiger partial charge in [0.15, 0.2) is 0 Å². The van der Waals surface area contributed by atoms with E-state index in [9.17, 15) is 9.59 Å². The van der Waals surface area contributed by atoms with E-state index in [1.54, 1.807) is 18.2 Å². The number of benzene rings is 2. The SMILES string of the molecule is C[C@@H]1CCC[C@H](C)N1CCC(=O)NNC(=O)c1cc(-c2ccc(Cl)cc2)nc2ccccc12. The molecule has 2 N–H and O–H groups in total. The molecule has 1 fully saturated rings. The molecule has 33 heavy (non-hydrogen) atoms. The first kappa shape index (κ1) is 23.2. The highest BCUT2D eigenvalue weighted by molar-refractivity contribution is 6.30. The van der Waals surface area contributed by atoms with Gasteiger partial charge in [-0.3, -0.25) is 25.3 Å². The fourth-order valence-electron chi connectivity index (χ4n) is 4.53. The van der Waals surface area contributed by atoms with Crippen molar-refractivity contribution in [3.63, 3.8) is 0 Å². The van der Waals surface area contributed by atoms with Crippen molar-refractivity contribution in [1.29, 1.82) is 0 Å². The third kappa shape index (κ3) is 5.52. The minimum absolute atomic E-state index is 0.204. The summed E-state index contributed by atoms with van der Waals surface area (Å²) in [5.41, 5.74) is 7.83. The quantitative estimate of drug-likeness (QED) is 0.523. The van der Waals surface area contributed by atoms with Crippen molar-refractivity contribution in [3.05, 3.63) is 65.2 Å². The van der Waals surface area contributed by atoms with Crippen LogP contribution in [0.4, 0.5) is 0 Å². The summed E-state index contributed by atoms with van der Waals surface area (Å²) in [7, 11) is 0. The predicted molar refractivity (Wildman–Crippen MR) is 132 cm³/mol. The van der Waals surface area contributed by atoms with E-state index in [2.05, 4.69) is 29.6 Å². The van der Waals surface area contributed by atoms with E-state index in [0.717, 1.165) is 23.8 Å². The highest BCUT2D eigenvalue weighted by Gasteiger charge is 2.24. The third-order valence-electron chi connectivity index (χ3n) is 6.39. The lowest BCUT2D eigenvalue weighted by Crippen LogP contribution is -2.47. The van der Waals surface area contributed by atoms with Crippen molar-refractivity contribution in [2.75, 3.05) is 6.54 Å². The van der Waals surface area contributed by atoms with E-state index in [1.807, 2.05) is 36.4 Å². The highest BCUT2D eigenvalue weighted by atomic mass is 35.5. The lowest BCUT2D eigenvalue weighted by Gasteiger charge is -2.38. The van der Waals surface area contributed by atoms with Crippen molar-refractivity contribution in [2.45, 2.75) is 51.6 Å². The number of aromatic nitrogens is 1. The van der Waals surface area contributed by atoms with Gasteiger partial charge in [-0.25, -0.2) is 4.98 Å². The minimum atomic E-state index is -0.378. The van der Waals surface area contributed by atoms with Gasteiger partial charge in [0.25, 0.3) is 5.91 Å². The molecule has 0 spiro atoms. The summed E-state index contributed by atoms with van der Waals surface area (Å²) in [5.74, 6) is -0.582. The number of pyridine rings is 1. The third-order valence-corrected chi connectivity index (χ3v) is 6.64. The number of likely N-dealkylation sites (tertiary alicyclic amines) is 1. The Hall–Kier alpha value is -2.96. The predicted octanol–water partition coefficient (Wildman–Crippen LogP) is 4.97. The normalized spacial score (nSPS) is 18.8. The standard InChI is InChI=1S/C26H29ClN4O2/c1-17-6-5-7-18(2)31(17)15-14-25(32)29-30-26(33)22-16-24(19-10-12-20(27)13-11-19)28-23-9-4-3-8-21(22)23/h3-4,8-13,16-18H,5-7,14-15H2,1-2H3,(H,29,32)(H,30,33)/t17-,18+. The van der Waals surface area contributed by atoms with Crippen LogP contribution in [0.3, 0.4) is 0 Å². The molecular formula is C26H29ClN4O2. The molecular weight excluding hydrogens is 436 g/mol. The van der Waals surface area contributed by atoms with E-state index in [4.69, 9.17) is 16.6 Å². The number of hydrazine groups is 1. The molecule has 0 aliphatic carbocycles. The topological polar surface area (TPSA) is 74.3 Å². The number of fused-ring (bicyclic) bond motifs is 1. The summed E-state index contributed by atoms with van der Waals surface area (Å²) >= 11 is 6.01. The minimum Gasteiger partial charge on any atom is -0.297 e. The Morgan fingerprint density at radius 3 is 2.45 bits per heavy atom. The molecule has 7 heteroatoms. The lowest BCUT2D eigenvalue weighted by atomic mass is 9.97. The highest BCUT2D eigenvalue weighted by Crippen LogP contribution is 2.26. The van der Waals surface area contributed by atoms with Crippen molar-refractivity contribution in [3.8, 4) is 11.3 Å². The van der Waals surface area contributed by atoms with Gasteiger partial charge in [-0.05, 0) is 51.0 Å². The molecule has 0 unspecified atom stereocenters. The van der Waals surface area contributed by atoms with Gasteiger partial charge < -0.3 is 0 Å². The van der Waals surface area contributed by atoms with Crippen LogP contribution in [0, 0.1) is 0 Å².